The van der Waals surface area contributed by atoms with Crippen molar-refractivity contribution in [2.75, 3.05) is 39.3 Å². The van der Waals surface area contributed by atoms with Gasteiger partial charge in [0, 0.05) is 45.3 Å². The molecule has 7 nitrogen and oxygen atoms in total. The summed E-state index contributed by atoms with van der Waals surface area (Å²) in [6, 6.07) is -0.769. The second-order valence-corrected chi connectivity index (χ2v) is 5.75. The maximum absolute atomic E-state index is 12.7. The molecule has 0 radical (unpaired) electrons. The van der Waals surface area contributed by atoms with E-state index in [1.807, 2.05) is 0 Å². The largest absolute Gasteiger partial charge is 0.351 e. The standard InChI is InChI=1S/C13H25N5O2/c1-9(2)17-5-4-16-10(8-17)12(19)11-7-15-3-6-18(11)13(14)20/h9-11,15-16H,3-8H2,1-2H3,(H2,14,20)/t10-,11?/m1/s1. The molecule has 0 aromatic rings. The molecule has 20 heavy (non-hydrogen) atoms. The van der Waals surface area contributed by atoms with Crippen LogP contribution in [0.1, 0.15) is 13.8 Å². The number of carbonyl (C=O) groups excluding carboxylic acids is 2. The van der Waals surface area contributed by atoms with Gasteiger partial charge in [0.05, 0.1) is 6.04 Å². The van der Waals surface area contributed by atoms with Crippen LogP contribution in [0.5, 0.6) is 0 Å². The lowest BCUT2D eigenvalue weighted by Crippen LogP contribution is -2.65. The number of nitrogens with one attached hydrogen (secondary N) is 2. The monoisotopic (exact) mass is 283 g/mol. The molecule has 2 atom stereocenters. The molecule has 0 saturated carbocycles. The summed E-state index contributed by atoms with van der Waals surface area (Å²) in [5.41, 5.74) is 5.38. The van der Waals surface area contributed by atoms with E-state index in [0.717, 1.165) is 13.1 Å². The highest BCUT2D eigenvalue weighted by Gasteiger charge is 2.36. The van der Waals surface area contributed by atoms with Crippen LogP contribution in [0.15, 0.2) is 0 Å². The van der Waals surface area contributed by atoms with E-state index in [2.05, 4.69) is 29.4 Å². The van der Waals surface area contributed by atoms with Crippen molar-refractivity contribution < 1.29 is 9.59 Å². The second kappa shape index (κ2) is 6.51. The van der Waals surface area contributed by atoms with Crippen molar-refractivity contribution in [3.8, 4) is 0 Å². The predicted octanol–water partition coefficient (Wildman–Crippen LogP) is -1.41. The minimum Gasteiger partial charge on any atom is -0.351 e. The molecule has 0 aromatic carbocycles. The van der Waals surface area contributed by atoms with E-state index in [4.69, 9.17) is 5.73 Å². The topological polar surface area (TPSA) is 90.7 Å². The van der Waals surface area contributed by atoms with Crippen molar-refractivity contribution in [1.29, 1.82) is 0 Å². The molecule has 2 aliphatic heterocycles. The van der Waals surface area contributed by atoms with Crippen molar-refractivity contribution in [3.63, 3.8) is 0 Å². The molecule has 2 fully saturated rings. The molecule has 2 heterocycles. The maximum Gasteiger partial charge on any atom is 0.315 e. The number of hydrogen-bond acceptors (Lipinski definition) is 5. The Labute approximate surface area is 119 Å². The lowest BCUT2D eigenvalue weighted by molar-refractivity contribution is -0.127. The van der Waals surface area contributed by atoms with E-state index < -0.39 is 12.1 Å². The molecule has 0 aliphatic carbocycles. The van der Waals surface area contributed by atoms with Crippen LogP contribution >= 0.6 is 0 Å². The van der Waals surface area contributed by atoms with Gasteiger partial charge in [-0.05, 0) is 13.8 Å². The molecule has 0 bridgehead atoms. The predicted molar refractivity (Wildman–Crippen MR) is 76.5 cm³/mol. The Balaban J connectivity index is 2.03. The molecule has 2 aliphatic rings. The smallest absolute Gasteiger partial charge is 0.315 e. The summed E-state index contributed by atoms with van der Waals surface area (Å²) in [4.78, 5) is 27.9. The van der Waals surface area contributed by atoms with Crippen LogP contribution in [-0.2, 0) is 4.79 Å². The zero-order valence-electron chi connectivity index (χ0n) is 12.3. The zero-order valence-corrected chi connectivity index (χ0v) is 12.3. The minimum atomic E-state index is -0.513. The Hall–Kier alpha value is -1.18. The van der Waals surface area contributed by atoms with Crippen LogP contribution in [0.2, 0.25) is 0 Å². The quantitative estimate of drug-likeness (QED) is 0.592. The van der Waals surface area contributed by atoms with E-state index in [-0.39, 0.29) is 11.8 Å². The molecule has 0 spiro atoms. The normalized spacial score (nSPS) is 28.6. The lowest BCUT2D eigenvalue weighted by atomic mass is 9.99. The molecule has 2 saturated heterocycles. The highest BCUT2D eigenvalue weighted by atomic mass is 16.2. The number of carbonyl (C=O) groups is 2. The average molecular weight is 283 g/mol. The highest BCUT2D eigenvalue weighted by molar-refractivity contribution is 5.92. The number of hydrogen-bond donors (Lipinski definition) is 3. The van der Waals surface area contributed by atoms with Crippen molar-refractivity contribution in [3.05, 3.63) is 0 Å². The SMILES string of the molecule is CC(C)N1CCN[C@@H](C(=O)C2CNCCN2C(N)=O)C1. The Kier molecular flexibility index (Phi) is 4.95. The summed E-state index contributed by atoms with van der Waals surface area (Å²) >= 11 is 0. The summed E-state index contributed by atoms with van der Waals surface area (Å²) in [6.07, 6.45) is 0. The van der Waals surface area contributed by atoms with Gasteiger partial charge < -0.3 is 21.3 Å². The van der Waals surface area contributed by atoms with Crippen molar-refractivity contribution in [2.45, 2.75) is 32.0 Å². The van der Waals surface area contributed by atoms with Gasteiger partial charge in [-0.1, -0.05) is 0 Å². The number of rotatable bonds is 3. The Bertz CT molecular complexity index is 374. The number of piperazine rings is 2. The number of urea groups is 1. The van der Waals surface area contributed by atoms with Gasteiger partial charge in [-0.3, -0.25) is 9.69 Å². The molecule has 2 rings (SSSR count). The van der Waals surface area contributed by atoms with Crippen LogP contribution in [0.3, 0.4) is 0 Å². The molecular formula is C13H25N5O2. The number of Topliss-reactive ketones (excluding diaryl/α,β-unsaturated/α-hetero) is 1. The van der Waals surface area contributed by atoms with Crippen LogP contribution in [0, 0.1) is 0 Å². The van der Waals surface area contributed by atoms with Crippen molar-refractivity contribution in [1.82, 2.24) is 20.4 Å². The highest BCUT2D eigenvalue weighted by Crippen LogP contribution is 2.11. The third-order valence-corrected chi connectivity index (χ3v) is 4.14. The van der Waals surface area contributed by atoms with E-state index >= 15 is 0 Å². The van der Waals surface area contributed by atoms with Gasteiger partial charge in [-0.25, -0.2) is 4.79 Å². The summed E-state index contributed by atoms with van der Waals surface area (Å²) in [5.74, 6) is 0.0568. The van der Waals surface area contributed by atoms with Crippen LogP contribution in [0.25, 0.3) is 0 Å². The third-order valence-electron chi connectivity index (χ3n) is 4.14. The number of nitrogens with zero attached hydrogens (tertiary/aromatic N) is 2. The zero-order chi connectivity index (χ0) is 14.7. The first-order valence-electron chi connectivity index (χ1n) is 7.28. The number of primary amides is 1. The van der Waals surface area contributed by atoms with Gasteiger partial charge in [0.25, 0.3) is 0 Å². The van der Waals surface area contributed by atoms with Gasteiger partial charge >= 0.3 is 6.03 Å². The summed E-state index contributed by atoms with van der Waals surface area (Å²) in [5, 5.41) is 6.42. The number of ketones is 1. The Morgan fingerprint density at radius 2 is 2.00 bits per heavy atom. The van der Waals surface area contributed by atoms with Gasteiger partial charge in [0.15, 0.2) is 5.78 Å². The Morgan fingerprint density at radius 1 is 1.25 bits per heavy atom. The minimum absolute atomic E-state index is 0.0568. The van der Waals surface area contributed by atoms with Crippen LogP contribution in [0.4, 0.5) is 4.79 Å². The van der Waals surface area contributed by atoms with E-state index in [1.54, 1.807) is 0 Å². The maximum atomic E-state index is 12.7. The van der Waals surface area contributed by atoms with Crippen LogP contribution in [-0.4, -0.2) is 79.0 Å². The third kappa shape index (κ3) is 3.28. The van der Waals surface area contributed by atoms with Gasteiger partial charge in [-0.2, -0.15) is 0 Å². The first-order chi connectivity index (χ1) is 9.50. The van der Waals surface area contributed by atoms with Gasteiger partial charge in [0.2, 0.25) is 0 Å². The molecular weight excluding hydrogens is 258 g/mol. The molecule has 1 unspecified atom stereocenters. The fourth-order valence-electron chi connectivity index (χ4n) is 2.89. The molecule has 0 aromatic heterocycles. The van der Waals surface area contributed by atoms with E-state index in [1.165, 1.54) is 4.90 Å². The summed E-state index contributed by atoms with van der Waals surface area (Å²) in [7, 11) is 0. The summed E-state index contributed by atoms with van der Waals surface area (Å²) < 4.78 is 0. The average Bonchev–Trinajstić information content (AvgIpc) is 2.46. The van der Waals surface area contributed by atoms with E-state index in [0.29, 0.717) is 32.2 Å². The molecule has 2 amide bonds. The van der Waals surface area contributed by atoms with E-state index in [9.17, 15) is 9.59 Å². The van der Waals surface area contributed by atoms with Crippen molar-refractivity contribution in [2.24, 2.45) is 5.73 Å². The molecule has 114 valence electrons. The first kappa shape index (κ1) is 15.2. The molecule has 7 heteroatoms. The first-order valence-corrected chi connectivity index (χ1v) is 7.28. The Morgan fingerprint density at radius 3 is 2.65 bits per heavy atom. The van der Waals surface area contributed by atoms with Gasteiger partial charge in [0.1, 0.15) is 6.04 Å². The van der Waals surface area contributed by atoms with Crippen LogP contribution < -0.4 is 16.4 Å². The molecule has 4 N–H and O–H groups in total. The van der Waals surface area contributed by atoms with Crippen molar-refractivity contribution >= 4 is 11.8 Å². The fourth-order valence-corrected chi connectivity index (χ4v) is 2.89. The lowest BCUT2D eigenvalue weighted by Gasteiger charge is -2.40. The van der Waals surface area contributed by atoms with Gasteiger partial charge in [-0.15, -0.1) is 0 Å². The number of amides is 2. The number of nitrogens with two attached hydrogens (primary N) is 1. The fraction of sp³-hybridized carbons (Fsp3) is 0.846. The summed E-state index contributed by atoms with van der Waals surface area (Å²) in [6.45, 7) is 8.36. The second-order valence-electron chi connectivity index (χ2n) is 5.75.